The summed E-state index contributed by atoms with van der Waals surface area (Å²) in [7, 11) is -8.47. The Balaban J connectivity index is 1.78. The maximum absolute atomic E-state index is 12.2. The molecule has 0 aliphatic rings. The fourth-order valence-electron chi connectivity index (χ4n) is 2.15. The van der Waals surface area contributed by atoms with Gasteiger partial charge in [0.15, 0.2) is 0 Å². The van der Waals surface area contributed by atoms with Gasteiger partial charge in [-0.15, -0.1) is 0 Å². The van der Waals surface area contributed by atoms with Crippen LogP contribution in [0.1, 0.15) is 12.8 Å². The van der Waals surface area contributed by atoms with Crippen LogP contribution >= 0.6 is 7.60 Å². The lowest BCUT2D eigenvalue weighted by atomic mass is 10.3. The highest BCUT2D eigenvalue weighted by molar-refractivity contribution is 7.89. The quantitative estimate of drug-likeness (QED) is 0.336. The summed E-state index contributed by atoms with van der Waals surface area (Å²) in [4.78, 5) is 28.3. The Kier molecular flexibility index (Phi) is 7.73. The number of unbranched alkanes of at least 4 members (excludes halogenated alkanes) is 1. The smallest absolute Gasteiger partial charge is 0.413 e. The van der Waals surface area contributed by atoms with Gasteiger partial charge in [0.25, 0.3) is 0 Å². The van der Waals surface area contributed by atoms with E-state index in [0.29, 0.717) is 24.3 Å². The molecule has 2 rings (SSSR count). The summed E-state index contributed by atoms with van der Waals surface area (Å²) in [6.07, 6.45) is 0.744. The number of carbonyl (C=O) groups is 1. The van der Waals surface area contributed by atoms with Crippen molar-refractivity contribution < 1.29 is 32.3 Å². The number of rotatable bonds is 10. The first kappa shape index (κ1) is 22.1. The van der Waals surface area contributed by atoms with E-state index >= 15 is 0 Å². The number of amides is 1. The van der Waals surface area contributed by atoms with Crippen molar-refractivity contribution in [1.29, 1.82) is 0 Å². The maximum Gasteiger partial charge on any atom is 0.413 e. The normalized spacial score (nSPS) is 11.8. The summed E-state index contributed by atoms with van der Waals surface area (Å²) < 4.78 is 43.2. The van der Waals surface area contributed by atoms with E-state index in [4.69, 9.17) is 14.5 Å². The van der Waals surface area contributed by atoms with E-state index in [1.54, 1.807) is 24.3 Å². The number of hydrogen-bond acceptors (Lipinski definition) is 5. The van der Waals surface area contributed by atoms with E-state index in [1.807, 2.05) is 18.2 Å². The molecular formula is C17H21N2O7PS. The van der Waals surface area contributed by atoms with Gasteiger partial charge in [-0.3, -0.25) is 4.79 Å². The summed E-state index contributed by atoms with van der Waals surface area (Å²) in [5, 5.41) is 2.08. The molecule has 28 heavy (non-hydrogen) atoms. The number of carbonyl (C=O) groups excluding carboxylic acids is 1. The van der Waals surface area contributed by atoms with E-state index in [0.717, 1.165) is 0 Å². The van der Waals surface area contributed by atoms with Gasteiger partial charge in [-0.25, -0.2) is 17.7 Å². The highest BCUT2D eigenvalue weighted by Gasteiger charge is 2.24. The van der Waals surface area contributed by atoms with Crippen LogP contribution in [-0.2, 0) is 14.6 Å². The van der Waals surface area contributed by atoms with E-state index in [2.05, 4.69) is 10.0 Å². The van der Waals surface area contributed by atoms with Crippen LogP contribution in [0.25, 0.3) is 0 Å². The van der Waals surface area contributed by atoms with Crippen LogP contribution in [0.5, 0.6) is 11.5 Å². The molecule has 4 N–H and O–H groups in total. The monoisotopic (exact) mass is 428 g/mol. The second kappa shape index (κ2) is 9.81. The molecule has 0 aromatic heterocycles. The largest absolute Gasteiger partial charge is 0.457 e. The van der Waals surface area contributed by atoms with Crippen LogP contribution in [0.2, 0.25) is 0 Å². The topological polar surface area (TPSA) is 142 Å². The zero-order valence-corrected chi connectivity index (χ0v) is 16.5. The Morgan fingerprint density at radius 2 is 1.50 bits per heavy atom. The molecule has 0 radical (unpaired) electrons. The number of benzene rings is 2. The Hall–Kier alpha value is -2.23. The van der Waals surface area contributed by atoms with Gasteiger partial charge in [-0.05, 0) is 49.2 Å². The average Bonchev–Trinajstić information content (AvgIpc) is 2.65. The van der Waals surface area contributed by atoms with E-state index < -0.39 is 23.3 Å². The zero-order valence-electron chi connectivity index (χ0n) is 14.8. The lowest BCUT2D eigenvalue weighted by molar-refractivity contribution is 0.248. The average molecular weight is 428 g/mol. The molecule has 1 amide bonds. The predicted molar refractivity (Wildman–Crippen MR) is 103 cm³/mol. The van der Waals surface area contributed by atoms with Gasteiger partial charge in [0.1, 0.15) is 11.5 Å². The molecule has 0 aliphatic heterocycles. The first-order valence-corrected chi connectivity index (χ1v) is 11.4. The molecule has 2 aromatic rings. The first-order valence-electron chi connectivity index (χ1n) is 8.35. The number of para-hydroxylation sites is 1. The van der Waals surface area contributed by atoms with Gasteiger partial charge in [0.05, 0.1) is 4.90 Å². The molecule has 0 saturated heterocycles. The van der Waals surface area contributed by atoms with E-state index in [-0.39, 0.29) is 18.0 Å². The highest BCUT2D eigenvalue weighted by atomic mass is 32.2. The van der Waals surface area contributed by atoms with Gasteiger partial charge in [-0.1, -0.05) is 18.2 Å². The van der Waals surface area contributed by atoms with Crippen LogP contribution in [0, 0.1) is 0 Å². The number of ether oxygens (including phenoxy) is 1. The second-order valence-electron chi connectivity index (χ2n) is 5.77. The van der Waals surface area contributed by atoms with Crippen LogP contribution in [0.3, 0.4) is 0 Å². The third-order valence-corrected chi connectivity index (χ3v) is 5.71. The molecule has 9 nitrogen and oxygen atoms in total. The van der Waals surface area contributed by atoms with Crippen molar-refractivity contribution in [3.05, 3.63) is 54.6 Å². The minimum Gasteiger partial charge on any atom is -0.457 e. The number of nitrogens with one attached hydrogen (secondary N) is 2. The van der Waals surface area contributed by atoms with Crippen molar-refractivity contribution in [3.8, 4) is 11.5 Å². The molecule has 0 unspecified atom stereocenters. The molecule has 0 atom stereocenters. The molecule has 0 heterocycles. The van der Waals surface area contributed by atoms with E-state index in [9.17, 15) is 17.8 Å². The van der Waals surface area contributed by atoms with Gasteiger partial charge in [-0.2, -0.15) is 0 Å². The SMILES string of the molecule is O=C(NCCCCNS(=O)(=O)c1ccc(Oc2ccccc2)cc1)P(=O)(O)O. The second-order valence-corrected chi connectivity index (χ2v) is 9.03. The molecule has 0 saturated carbocycles. The molecule has 2 aromatic carbocycles. The number of hydrogen-bond donors (Lipinski definition) is 4. The molecule has 0 spiro atoms. The number of sulfonamides is 1. The van der Waals surface area contributed by atoms with E-state index in [1.165, 1.54) is 12.1 Å². The molecule has 0 fully saturated rings. The molecule has 152 valence electrons. The third kappa shape index (κ3) is 7.06. The fraction of sp³-hybridized carbons (Fsp3) is 0.235. The summed E-state index contributed by atoms with van der Waals surface area (Å²) in [6.45, 7) is 0.160. The molecule has 11 heteroatoms. The zero-order chi connectivity index (χ0) is 20.6. The highest BCUT2D eigenvalue weighted by Crippen LogP contribution is 2.34. The Morgan fingerprint density at radius 1 is 0.929 bits per heavy atom. The van der Waals surface area contributed by atoms with Crippen molar-refractivity contribution in [3.63, 3.8) is 0 Å². The minimum atomic E-state index is -4.78. The molecule has 0 bridgehead atoms. The van der Waals surface area contributed by atoms with Gasteiger partial charge in [0, 0.05) is 13.1 Å². The summed E-state index contributed by atoms with van der Waals surface area (Å²) in [5.74, 6) is 1.15. The van der Waals surface area contributed by atoms with Crippen molar-refractivity contribution in [2.75, 3.05) is 13.1 Å². The van der Waals surface area contributed by atoms with Crippen LogP contribution in [-0.4, -0.2) is 36.9 Å². The lowest BCUT2D eigenvalue weighted by Crippen LogP contribution is -2.26. The van der Waals surface area contributed by atoms with Gasteiger partial charge < -0.3 is 19.8 Å². The van der Waals surface area contributed by atoms with Gasteiger partial charge in [0.2, 0.25) is 10.0 Å². The summed E-state index contributed by atoms with van der Waals surface area (Å²) >= 11 is 0. The Morgan fingerprint density at radius 3 is 2.11 bits per heavy atom. The van der Waals surface area contributed by atoms with Crippen molar-refractivity contribution in [1.82, 2.24) is 10.0 Å². The minimum absolute atomic E-state index is 0.0389. The Bertz CT molecular complexity index is 928. The van der Waals surface area contributed by atoms with Crippen LogP contribution < -0.4 is 14.8 Å². The predicted octanol–water partition coefficient (Wildman–Crippen LogP) is 2.42. The fourth-order valence-corrected chi connectivity index (χ4v) is 3.54. The van der Waals surface area contributed by atoms with Crippen LogP contribution in [0.15, 0.2) is 59.5 Å². The first-order chi connectivity index (χ1) is 13.2. The van der Waals surface area contributed by atoms with Crippen molar-refractivity contribution in [2.24, 2.45) is 0 Å². The van der Waals surface area contributed by atoms with Gasteiger partial charge >= 0.3 is 13.2 Å². The standard InChI is InChI=1S/C17H21N2O7PS/c20-17(27(21,22)23)18-12-4-5-13-19-28(24,25)16-10-8-15(9-11-16)26-14-6-2-1-3-7-14/h1-3,6-11,19H,4-5,12-13H2,(H,18,20)(H2,21,22,23). The summed E-state index contributed by atoms with van der Waals surface area (Å²) in [6, 6.07) is 15.1. The lowest BCUT2D eigenvalue weighted by Gasteiger charge is -2.09. The summed E-state index contributed by atoms with van der Waals surface area (Å²) in [5.41, 5.74) is -1.34. The van der Waals surface area contributed by atoms with Crippen LogP contribution in [0.4, 0.5) is 4.79 Å². The maximum atomic E-state index is 12.2. The van der Waals surface area contributed by atoms with Crippen molar-refractivity contribution >= 4 is 23.3 Å². The Labute approximate surface area is 163 Å². The van der Waals surface area contributed by atoms with Crippen molar-refractivity contribution in [2.45, 2.75) is 17.7 Å². The molecular weight excluding hydrogens is 407 g/mol. The third-order valence-electron chi connectivity index (χ3n) is 3.55. The molecule has 0 aliphatic carbocycles.